The minimum Gasteiger partial charge on any atom is -0.493 e. The summed E-state index contributed by atoms with van der Waals surface area (Å²) in [6, 6.07) is 19.4. The number of nitro benzene ring substituents is 1. The topological polar surface area (TPSA) is 91.1 Å². The summed E-state index contributed by atoms with van der Waals surface area (Å²) < 4.78 is 17.0. The molecule has 3 aromatic carbocycles. The highest BCUT2D eigenvalue weighted by Gasteiger charge is 2.32. The molecule has 8 nitrogen and oxygen atoms in total. The minimum atomic E-state index is -0.450. The average molecular weight is 477 g/mol. The molecule has 0 spiro atoms. The van der Waals surface area contributed by atoms with Crippen molar-refractivity contribution in [3.05, 3.63) is 93.5 Å². The third-order valence-corrected chi connectivity index (χ3v) is 6.25. The van der Waals surface area contributed by atoms with Gasteiger partial charge in [0.1, 0.15) is 12.4 Å². The number of ether oxygens (including phenoxy) is 3. The van der Waals surface area contributed by atoms with E-state index in [9.17, 15) is 14.9 Å². The number of carbonyl (C=O) groups is 1. The Morgan fingerprint density at radius 3 is 2.37 bits per heavy atom. The zero-order chi connectivity index (χ0) is 24.8. The van der Waals surface area contributed by atoms with Crippen molar-refractivity contribution in [2.24, 2.45) is 0 Å². The molecule has 182 valence electrons. The number of hydrogen-bond acceptors (Lipinski definition) is 6. The molecule has 0 fully saturated rings. The van der Waals surface area contributed by atoms with Gasteiger partial charge in [-0.15, -0.1) is 0 Å². The Bertz CT molecular complexity index is 1180. The van der Waals surface area contributed by atoms with Crippen molar-refractivity contribution in [2.45, 2.75) is 25.3 Å². The van der Waals surface area contributed by atoms with Crippen molar-refractivity contribution in [3.8, 4) is 17.2 Å². The number of amides is 1. The zero-order valence-corrected chi connectivity index (χ0v) is 19.8. The molecule has 0 saturated carbocycles. The molecular weight excluding hydrogens is 448 g/mol. The third kappa shape index (κ3) is 5.54. The molecule has 1 atom stereocenters. The van der Waals surface area contributed by atoms with Crippen molar-refractivity contribution in [1.82, 2.24) is 4.90 Å². The lowest BCUT2D eigenvalue weighted by Gasteiger charge is -2.37. The van der Waals surface area contributed by atoms with Gasteiger partial charge >= 0.3 is 0 Å². The molecule has 1 heterocycles. The molecule has 8 heteroatoms. The van der Waals surface area contributed by atoms with Gasteiger partial charge < -0.3 is 19.1 Å². The zero-order valence-electron chi connectivity index (χ0n) is 19.8. The van der Waals surface area contributed by atoms with E-state index in [4.69, 9.17) is 14.2 Å². The first-order valence-corrected chi connectivity index (χ1v) is 11.5. The summed E-state index contributed by atoms with van der Waals surface area (Å²) in [4.78, 5) is 25.7. The van der Waals surface area contributed by atoms with Crippen LogP contribution in [0.15, 0.2) is 66.7 Å². The molecule has 0 saturated heterocycles. The van der Waals surface area contributed by atoms with Gasteiger partial charge in [-0.1, -0.05) is 30.3 Å². The van der Waals surface area contributed by atoms with E-state index in [0.29, 0.717) is 43.1 Å². The van der Waals surface area contributed by atoms with Crippen LogP contribution in [-0.4, -0.2) is 43.1 Å². The van der Waals surface area contributed by atoms with Gasteiger partial charge in [0, 0.05) is 25.1 Å². The fourth-order valence-corrected chi connectivity index (χ4v) is 4.39. The Hall–Kier alpha value is -4.07. The van der Waals surface area contributed by atoms with Gasteiger partial charge in [-0.2, -0.15) is 0 Å². The fourth-order valence-electron chi connectivity index (χ4n) is 4.39. The summed E-state index contributed by atoms with van der Waals surface area (Å²) in [5.74, 6) is 1.78. The van der Waals surface area contributed by atoms with E-state index in [-0.39, 0.29) is 24.2 Å². The quantitative estimate of drug-likeness (QED) is 0.327. The van der Waals surface area contributed by atoms with Crippen LogP contribution in [-0.2, 0) is 17.6 Å². The lowest BCUT2D eigenvalue weighted by atomic mass is 9.91. The molecule has 4 rings (SSSR count). The Morgan fingerprint density at radius 2 is 1.71 bits per heavy atom. The third-order valence-electron chi connectivity index (χ3n) is 6.25. The number of hydrogen-bond donors (Lipinski definition) is 0. The number of nitrogens with zero attached hydrogens (tertiary/aromatic N) is 2. The van der Waals surface area contributed by atoms with E-state index >= 15 is 0 Å². The predicted molar refractivity (Wildman–Crippen MR) is 131 cm³/mol. The highest BCUT2D eigenvalue weighted by molar-refractivity contribution is 5.77. The summed E-state index contributed by atoms with van der Waals surface area (Å²) in [5, 5.41) is 10.9. The van der Waals surface area contributed by atoms with E-state index in [1.165, 1.54) is 12.1 Å². The van der Waals surface area contributed by atoms with Crippen LogP contribution in [0.25, 0.3) is 0 Å². The van der Waals surface area contributed by atoms with Crippen LogP contribution in [0.3, 0.4) is 0 Å². The maximum Gasteiger partial charge on any atom is 0.269 e. The Kier molecular flexibility index (Phi) is 7.50. The molecular formula is C27H28N2O6. The molecule has 0 aliphatic carbocycles. The number of carbonyl (C=O) groups excluding carboxylic acids is 1. The van der Waals surface area contributed by atoms with Crippen molar-refractivity contribution in [3.63, 3.8) is 0 Å². The van der Waals surface area contributed by atoms with E-state index in [2.05, 4.69) is 0 Å². The molecule has 0 aromatic heterocycles. The van der Waals surface area contributed by atoms with Gasteiger partial charge in [0.15, 0.2) is 11.5 Å². The molecule has 1 aliphatic heterocycles. The Morgan fingerprint density at radius 1 is 1.03 bits per heavy atom. The second-order valence-electron chi connectivity index (χ2n) is 8.31. The molecule has 1 aliphatic rings. The number of rotatable bonds is 9. The smallest absolute Gasteiger partial charge is 0.269 e. The van der Waals surface area contributed by atoms with Crippen LogP contribution in [0, 0.1) is 10.1 Å². The van der Waals surface area contributed by atoms with Gasteiger partial charge in [-0.3, -0.25) is 14.9 Å². The summed E-state index contributed by atoms with van der Waals surface area (Å²) >= 11 is 0. The minimum absolute atomic E-state index is 0.00471. The van der Waals surface area contributed by atoms with Crippen LogP contribution in [0.2, 0.25) is 0 Å². The summed E-state index contributed by atoms with van der Waals surface area (Å²) in [6.45, 7) is 0.766. The van der Waals surface area contributed by atoms with Crippen LogP contribution >= 0.6 is 0 Å². The molecule has 3 aromatic rings. The van der Waals surface area contributed by atoms with Gasteiger partial charge in [0.2, 0.25) is 5.91 Å². The summed E-state index contributed by atoms with van der Waals surface area (Å²) in [5.41, 5.74) is 3.13. The number of aryl methyl sites for hydroxylation is 1. The highest BCUT2D eigenvalue weighted by Crippen LogP contribution is 2.38. The fraction of sp³-hybridized carbons (Fsp3) is 0.296. The SMILES string of the molecule is COc1cc2c(cc1OC)C(COc1ccc([N+](=O)[O-])cc1)N(C(=O)CCc1ccccc1)CC2. The lowest BCUT2D eigenvalue weighted by molar-refractivity contribution is -0.384. The normalized spacial score (nSPS) is 14.7. The average Bonchev–Trinajstić information content (AvgIpc) is 2.90. The monoisotopic (exact) mass is 476 g/mol. The molecule has 1 unspecified atom stereocenters. The van der Waals surface area contributed by atoms with Crippen LogP contribution in [0.1, 0.15) is 29.2 Å². The van der Waals surface area contributed by atoms with Gasteiger partial charge in [0.05, 0.1) is 25.2 Å². The first kappa shape index (κ1) is 24.1. The molecule has 35 heavy (non-hydrogen) atoms. The maximum absolute atomic E-state index is 13.3. The first-order chi connectivity index (χ1) is 17.0. The van der Waals surface area contributed by atoms with E-state index in [0.717, 1.165) is 16.7 Å². The number of nitro groups is 1. The van der Waals surface area contributed by atoms with Crippen molar-refractivity contribution >= 4 is 11.6 Å². The highest BCUT2D eigenvalue weighted by atomic mass is 16.6. The number of benzene rings is 3. The summed E-state index contributed by atoms with van der Waals surface area (Å²) in [6.07, 6.45) is 1.74. The number of methoxy groups -OCH3 is 2. The summed E-state index contributed by atoms with van der Waals surface area (Å²) in [7, 11) is 3.18. The lowest BCUT2D eigenvalue weighted by Crippen LogP contribution is -2.42. The van der Waals surface area contributed by atoms with E-state index in [1.54, 1.807) is 26.4 Å². The predicted octanol–water partition coefficient (Wildman–Crippen LogP) is 4.75. The first-order valence-electron chi connectivity index (χ1n) is 11.5. The second kappa shape index (κ2) is 10.9. The molecule has 0 bridgehead atoms. The largest absolute Gasteiger partial charge is 0.493 e. The second-order valence-corrected chi connectivity index (χ2v) is 8.31. The molecule has 1 amide bonds. The van der Waals surface area contributed by atoms with Gasteiger partial charge in [0.25, 0.3) is 5.69 Å². The van der Waals surface area contributed by atoms with E-state index in [1.807, 2.05) is 47.4 Å². The maximum atomic E-state index is 13.3. The van der Waals surface area contributed by atoms with Crippen molar-refractivity contribution in [1.29, 1.82) is 0 Å². The Labute approximate surface area is 204 Å². The molecule has 0 N–H and O–H groups in total. The van der Waals surface area contributed by atoms with Crippen LogP contribution in [0.5, 0.6) is 17.2 Å². The van der Waals surface area contributed by atoms with Gasteiger partial charge in [-0.25, -0.2) is 0 Å². The Balaban J connectivity index is 1.58. The molecule has 0 radical (unpaired) electrons. The van der Waals surface area contributed by atoms with Crippen molar-refractivity contribution in [2.75, 3.05) is 27.4 Å². The standard InChI is InChI=1S/C27H28N2O6/c1-33-25-16-20-14-15-28(27(30)13-8-19-6-4-3-5-7-19)24(23(20)17-26(25)34-2)18-35-22-11-9-21(10-12-22)29(31)32/h3-7,9-12,16-17,24H,8,13-15,18H2,1-2H3. The van der Waals surface area contributed by atoms with E-state index < -0.39 is 4.92 Å². The number of fused-ring (bicyclic) bond motifs is 1. The number of non-ortho nitro benzene ring substituents is 1. The van der Waals surface area contributed by atoms with Crippen LogP contribution in [0.4, 0.5) is 5.69 Å². The van der Waals surface area contributed by atoms with Gasteiger partial charge in [-0.05, 0) is 53.8 Å². The van der Waals surface area contributed by atoms with Crippen molar-refractivity contribution < 1.29 is 23.9 Å². The van der Waals surface area contributed by atoms with Crippen LogP contribution < -0.4 is 14.2 Å².